The minimum Gasteiger partial charge on any atom is -0.365 e. The second-order valence-electron chi connectivity index (χ2n) is 5.01. The first-order valence-corrected chi connectivity index (χ1v) is 6.98. The van der Waals surface area contributed by atoms with Gasteiger partial charge < -0.3 is 4.90 Å². The molecular formula is C15H19F2N3. The van der Waals surface area contributed by atoms with Crippen LogP contribution in [-0.4, -0.2) is 37.1 Å². The van der Waals surface area contributed by atoms with Gasteiger partial charge in [-0.1, -0.05) is 13.8 Å². The lowest BCUT2D eigenvalue weighted by molar-refractivity contribution is 0.232. The number of rotatable bonds is 4. The monoisotopic (exact) mass is 279 g/mol. The van der Waals surface area contributed by atoms with E-state index in [1.54, 1.807) is 11.0 Å². The van der Waals surface area contributed by atoms with Crippen LogP contribution in [-0.2, 0) is 0 Å². The Bertz CT molecular complexity index is 497. The van der Waals surface area contributed by atoms with Crippen LogP contribution in [0, 0.1) is 23.0 Å². The summed E-state index contributed by atoms with van der Waals surface area (Å²) in [4.78, 5) is 4.05. The van der Waals surface area contributed by atoms with Crippen LogP contribution in [0.4, 0.5) is 14.5 Å². The van der Waals surface area contributed by atoms with E-state index in [-0.39, 0.29) is 11.3 Å². The average Bonchev–Trinajstić information content (AvgIpc) is 2.88. The van der Waals surface area contributed by atoms with E-state index in [4.69, 9.17) is 5.26 Å². The predicted molar refractivity (Wildman–Crippen MR) is 74.6 cm³/mol. The number of anilines is 1. The van der Waals surface area contributed by atoms with Gasteiger partial charge in [0.05, 0.1) is 11.6 Å². The molecule has 0 amide bonds. The van der Waals surface area contributed by atoms with Crippen molar-refractivity contribution in [3.05, 3.63) is 29.3 Å². The van der Waals surface area contributed by atoms with Gasteiger partial charge in [-0.05, 0) is 31.6 Å². The first kappa shape index (κ1) is 14.7. The van der Waals surface area contributed by atoms with Crippen LogP contribution in [0.2, 0.25) is 0 Å². The van der Waals surface area contributed by atoms with Gasteiger partial charge in [0.15, 0.2) is 11.6 Å². The Hall–Kier alpha value is -1.67. The predicted octanol–water partition coefficient (Wildman–Crippen LogP) is 2.76. The minimum atomic E-state index is -0.651. The van der Waals surface area contributed by atoms with Crippen molar-refractivity contribution in [1.29, 1.82) is 5.26 Å². The van der Waals surface area contributed by atoms with E-state index in [1.807, 2.05) is 0 Å². The summed E-state index contributed by atoms with van der Waals surface area (Å²) in [7, 11) is 0. The van der Waals surface area contributed by atoms with Gasteiger partial charge in [0.2, 0.25) is 0 Å². The highest BCUT2D eigenvalue weighted by atomic mass is 19.1. The zero-order valence-electron chi connectivity index (χ0n) is 11.9. The standard InChI is InChI=1S/C15H19F2N3/c1-3-19(4-2)12-5-6-20(10-12)15-13(16)7-11(9-18)8-14(15)17/h7-8,12H,3-6,10H2,1-2H3. The molecule has 0 spiro atoms. The van der Waals surface area contributed by atoms with E-state index in [0.29, 0.717) is 19.1 Å². The molecule has 0 aromatic heterocycles. The first-order chi connectivity index (χ1) is 9.60. The highest BCUT2D eigenvalue weighted by molar-refractivity contribution is 5.53. The third-order valence-electron chi connectivity index (χ3n) is 3.95. The molecule has 0 saturated carbocycles. The van der Waals surface area contributed by atoms with Crippen LogP contribution in [0.1, 0.15) is 25.8 Å². The Morgan fingerprint density at radius 3 is 2.40 bits per heavy atom. The summed E-state index contributed by atoms with van der Waals surface area (Å²) in [5.41, 5.74) is 0.0156. The smallest absolute Gasteiger partial charge is 0.150 e. The molecule has 0 aliphatic carbocycles. The number of hydrogen-bond donors (Lipinski definition) is 0. The van der Waals surface area contributed by atoms with Crippen molar-refractivity contribution in [2.75, 3.05) is 31.1 Å². The molecule has 0 radical (unpaired) electrons. The summed E-state index contributed by atoms with van der Waals surface area (Å²) in [6.45, 7) is 7.33. The molecule has 108 valence electrons. The maximum atomic E-state index is 14.0. The van der Waals surface area contributed by atoms with Gasteiger partial charge in [-0.15, -0.1) is 0 Å². The van der Waals surface area contributed by atoms with Crippen molar-refractivity contribution in [2.24, 2.45) is 0 Å². The van der Waals surface area contributed by atoms with Gasteiger partial charge in [0.25, 0.3) is 0 Å². The van der Waals surface area contributed by atoms with Crippen LogP contribution in [0.15, 0.2) is 12.1 Å². The fraction of sp³-hybridized carbons (Fsp3) is 0.533. The minimum absolute atomic E-state index is 0.00124. The molecule has 1 fully saturated rings. The molecular weight excluding hydrogens is 260 g/mol. The van der Waals surface area contributed by atoms with Crippen molar-refractivity contribution < 1.29 is 8.78 Å². The number of hydrogen-bond acceptors (Lipinski definition) is 3. The summed E-state index contributed by atoms with van der Waals surface area (Å²) in [6, 6.07) is 4.30. The van der Waals surface area contributed by atoms with Gasteiger partial charge in [0.1, 0.15) is 5.69 Å². The third-order valence-corrected chi connectivity index (χ3v) is 3.95. The summed E-state index contributed by atoms with van der Waals surface area (Å²) < 4.78 is 28.0. The molecule has 1 aromatic rings. The Labute approximate surface area is 118 Å². The Morgan fingerprint density at radius 2 is 1.90 bits per heavy atom. The van der Waals surface area contributed by atoms with Crippen molar-refractivity contribution >= 4 is 5.69 Å². The second-order valence-corrected chi connectivity index (χ2v) is 5.01. The molecule has 3 nitrogen and oxygen atoms in total. The van der Waals surface area contributed by atoms with Gasteiger partial charge >= 0.3 is 0 Å². The third kappa shape index (κ3) is 2.75. The SMILES string of the molecule is CCN(CC)C1CCN(c2c(F)cc(C#N)cc2F)C1. The zero-order valence-corrected chi connectivity index (χ0v) is 11.9. The molecule has 1 aliphatic heterocycles. The molecule has 1 atom stereocenters. The molecule has 1 saturated heterocycles. The molecule has 1 aromatic carbocycles. The lowest BCUT2D eigenvalue weighted by atomic mass is 10.2. The summed E-state index contributed by atoms with van der Waals surface area (Å²) in [5.74, 6) is -1.30. The van der Waals surface area contributed by atoms with Gasteiger partial charge in [-0.25, -0.2) is 8.78 Å². The number of nitriles is 1. The Kier molecular flexibility index (Phi) is 4.56. The van der Waals surface area contributed by atoms with Crippen molar-refractivity contribution in [1.82, 2.24) is 4.90 Å². The normalized spacial score (nSPS) is 18.6. The topological polar surface area (TPSA) is 30.3 Å². The number of halogens is 2. The largest absolute Gasteiger partial charge is 0.365 e. The summed E-state index contributed by atoms with van der Waals surface area (Å²) in [6.07, 6.45) is 0.903. The summed E-state index contributed by atoms with van der Waals surface area (Å²) >= 11 is 0. The fourth-order valence-electron chi connectivity index (χ4n) is 2.92. The van der Waals surface area contributed by atoms with E-state index in [0.717, 1.165) is 31.6 Å². The Morgan fingerprint density at radius 1 is 1.30 bits per heavy atom. The van der Waals surface area contributed by atoms with Gasteiger partial charge in [0, 0.05) is 19.1 Å². The lowest BCUT2D eigenvalue weighted by Gasteiger charge is -2.27. The molecule has 5 heteroatoms. The average molecular weight is 279 g/mol. The molecule has 0 bridgehead atoms. The van der Waals surface area contributed by atoms with Crippen LogP contribution >= 0.6 is 0 Å². The lowest BCUT2D eigenvalue weighted by Crippen LogP contribution is -2.37. The van der Waals surface area contributed by atoms with Gasteiger partial charge in [-0.3, -0.25) is 4.90 Å². The van der Waals surface area contributed by atoms with Crippen LogP contribution in [0.3, 0.4) is 0 Å². The molecule has 1 heterocycles. The van der Waals surface area contributed by atoms with E-state index in [9.17, 15) is 8.78 Å². The quantitative estimate of drug-likeness (QED) is 0.849. The molecule has 1 aliphatic rings. The van der Waals surface area contributed by atoms with Crippen molar-refractivity contribution in [3.8, 4) is 6.07 Å². The Balaban J connectivity index is 2.21. The maximum absolute atomic E-state index is 14.0. The van der Waals surface area contributed by atoms with E-state index in [2.05, 4.69) is 18.7 Å². The van der Waals surface area contributed by atoms with Crippen molar-refractivity contribution in [3.63, 3.8) is 0 Å². The first-order valence-electron chi connectivity index (χ1n) is 6.98. The zero-order chi connectivity index (χ0) is 14.7. The van der Waals surface area contributed by atoms with E-state index >= 15 is 0 Å². The molecule has 2 rings (SSSR count). The second kappa shape index (κ2) is 6.19. The van der Waals surface area contributed by atoms with Crippen LogP contribution < -0.4 is 4.90 Å². The number of benzene rings is 1. The number of likely N-dealkylation sites (N-methyl/N-ethyl adjacent to an activating group) is 1. The molecule has 0 N–H and O–H groups in total. The maximum Gasteiger partial charge on any atom is 0.150 e. The highest BCUT2D eigenvalue weighted by Gasteiger charge is 2.29. The van der Waals surface area contributed by atoms with E-state index < -0.39 is 11.6 Å². The molecule has 20 heavy (non-hydrogen) atoms. The van der Waals surface area contributed by atoms with Crippen molar-refractivity contribution in [2.45, 2.75) is 26.3 Å². The summed E-state index contributed by atoms with van der Waals surface area (Å²) in [5, 5.41) is 8.72. The van der Waals surface area contributed by atoms with E-state index in [1.165, 1.54) is 0 Å². The van der Waals surface area contributed by atoms with Crippen LogP contribution in [0.5, 0.6) is 0 Å². The van der Waals surface area contributed by atoms with Crippen LogP contribution in [0.25, 0.3) is 0 Å². The van der Waals surface area contributed by atoms with Gasteiger partial charge in [-0.2, -0.15) is 5.26 Å². The molecule has 1 unspecified atom stereocenters. The number of nitrogens with zero attached hydrogens (tertiary/aromatic N) is 3. The highest BCUT2D eigenvalue weighted by Crippen LogP contribution is 2.29. The fourth-order valence-corrected chi connectivity index (χ4v) is 2.92.